The van der Waals surface area contributed by atoms with Gasteiger partial charge in [0.2, 0.25) is 0 Å². The zero-order valence-corrected chi connectivity index (χ0v) is 12.5. The molecule has 1 unspecified atom stereocenters. The van der Waals surface area contributed by atoms with Gasteiger partial charge in [-0.25, -0.2) is 0 Å². The van der Waals surface area contributed by atoms with E-state index in [4.69, 9.17) is 5.11 Å². The summed E-state index contributed by atoms with van der Waals surface area (Å²) >= 11 is 1.61. The molecule has 1 aromatic rings. The first-order chi connectivity index (χ1) is 9.33. The maximum absolute atomic E-state index is 12.5. The van der Waals surface area contributed by atoms with Crippen molar-refractivity contribution >= 4 is 23.5 Å². The van der Waals surface area contributed by atoms with Crippen LogP contribution >= 0.6 is 11.8 Å². The highest BCUT2D eigenvalue weighted by atomic mass is 32.2. The predicted octanol–water partition coefficient (Wildman–Crippen LogP) is 2.70. The number of Topliss-reactive ketones (excluding diaryl/α,β-unsaturated/α-hetero) is 1. The fourth-order valence-electron chi connectivity index (χ4n) is 2.01. The van der Waals surface area contributed by atoms with Crippen LogP contribution in [-0.4, -0.2) is 27.6 Å². The molecule has 1 aliphatic heterocycles. The summed E-state index contributed by atoms with van der Waals surface area (Å²) in [5.41, 5.74) is 1.27. The first kappa shape index (κ1) is 14.7. The Kier molecular flexibility index (Phi) is 3.90. The van der Waals surface area contributed by atoms with Crippen molar-refractivity contribution in [1.29, 1.82) is 0 Å². The molecule has 5 heteroatoms. The smallest absolute Gasteiger partial charge is 0.325 e. The summed E-state index contributed by atoms with van der Waals surface area (Å²) in [7, 11) is 0. The lowest BCUT2D eigenvalue weighted by Crippen LogP contribution is -2.35. The molecule has 2 N–H and O–H groups in total. The molecule has 0 aliphatic carbocycles. The SMILES string of the molecule is CC(N/C=C1\C(=O)c2ccccc2SC1(C)C)C(=O)O. The number of rotatable bonds is 3. The number of aliphatic carboxylic acids is 1. The van der Waals surface area contributed by atoms with Crippen molar-refractivity contribution in [3.63, 3.8) is 0 Å². The maximum atomic E-state index is 12.5. The van der Waals surface area contributed by atoms with Gasteiger partial charge in [0.1, 0.15) is 6.04 Å². The summed E-state index contributed by atoms with van der Waals surface area (Å²) < 4.78 is -0.392. The van der Waals surface area contributed by atoms with Crippen LogP contribution in [0, 0.1) is 0 Å². The summed E-state index contributed by atoms with van der Waals surface area (Å²) in [5.74, 6) is -0.995. The lowest BCUT2D eigenvalue weighted by atomic mass is 9.93. The summed E-state index contributed by atoms with van der Waals surface area (Å²) in [6, 6.07) is 6.75. The summed E-state index contributed by atoms with van der Waals surface area (Å²) in [5, 5.41) is 11.7. The van der Waals surface area contributed by atoms with Gasteiger partial charge in [0.25, 0.3) is 0 Å². The molecule has 0 saturated heterocycles. The van der Waals surface area contributed by atoms with E-state index >= 15 is 0 Å². The Bertz CT molecular complexity index is 593. The van der Waals surface area contributed by atoms with Crippen LogP contribution in [0.15, 0.2) is 40.9 Å². The van der Waals surface area contributed by atoms with Gasteiger partial charge in [0.05, 0.1) is 0 Å². The fraction of sp³-hybridized carbons (Fsp3) is 0.333. The molecule has 0 radical (unpaired) electrons. The van der Waals surface area contributed by atoms with Crippen LogP contribution in [0.5, 0.6) is 0 Å². The molecule has 1 atom stereocenters. The van der Waals surface area contributed by atoms with Crippen molar-refractivity contribution in [3.8, 4) is 0 Å². The summed E-state index contributed by atoms with van der Waals surface area (Å²) in [6.45, 7) is 5.47. The third kappa shape index (κ3) is 2.72. The number of hydrogen-bond acceptors (Lipinski definition) is 4. The van der Waals surface area contributed by atoms with Crippen LogP contribution < -0.4 is 5.32 Å². The van der Waals surface area contributed by atoms with Crippen molar-refractivity contribution in [1.82, 2.24) is 5.32 Å². The Morgan fingerprint density at radius 2 is 2.05 bits per heavy atom. The zero-order valence-electron chi connectivity index (χ0n) is 11.6. The molecular weight excluding hydrogens is 274 g/mol. The van der Waals surface area contributed by atoms with E-state index in [0.29, 0.717) is 11.1 Å². The third-order valence-corrected chi connectivity index (χ3v) is 4.54. The second-order valence-electron chi connectivity index (χ2n) is 5.22. The van der Waals surface area contributed by atoms with Crippen molar-refractivity contribution in [3.05, 3.63) is 41.6 Å². The Hall–Kier alpha value is -1.75. The van der Waals surface area contributed by atoms with Gasteiger partial charge in [-0.2, -0.15) is 0 Å². The van der Waals surface area contributed by atoms with Crippen LogP contribution in [-0.2, 0) is 4.79 Å². The third-order valence-electron chi connectivity index (χ3n) is 3.24. The van der Waals surface area contributed by atoms with Crippen LogP contribution in [0.4, 0.5) is 0 Å². The predicted molar refractivity (Wildman–Crippen MR) is 79.0 cm³/mol. The molecule has 4 nitrogen and oxygen atoms in total. The molecule has 1 heterocycles. The largest absolute Gasteiger partial charge is 0.480 e. The van der Waals surface area contributed by atoms with Crippen molar-refractivity contribution in [2.45, 2.75) is 36.5 Å². The fourth-order valence-corrected chi connectivity index (χ4v) is 3.24. The minimum Gasteiger partial charge on any atom is -0.480 e. The van der Waals surface area contributed by atoms with Crippen LogP contribution in [0.2, 0.25) is 0 Å². The number of ketones is 1. The molecule has 106 valence electrons. The molecule has 20 heavy (non-hydrogen) atoms. The number of carbonyl (C=O) groups excluding carboxylic acids is 1. The number of carboxylic acids is 1. The minimum absolute atomic E-state index is 0.0468. The molecule has 0 aromatic heterocycles. The number of nitrogens with one attached hydrogen (secondary N) is 1. The second-order valence-corrected chi connectivity index (χ2v) is 6.89. The van der Waals surface area contributed by atoms with Gasteiger partial charge in [0.15, 0.2) is 5.78 Å². The van der Waals surface area contributed by atoms with Gasteiger partial charge in [-0.05, 0) is 32.9 Å². The average molecular weight is 291 g/mol. The van der Waals surface area contributed by atoms with Crippen molar-refractivity contribution in [2.75, 3.05) is 0 Å². The molecule has 2 rings (SSSR count). The van der Waals surface area contributed by atoms with Gasteiger partial charge >= 0.3 is 5.97 Å². The van der Waals surface area contributed by atoms with Crippen LogP contribution in [0.25, 0.3) is 0 Å². The highest BCUT2D eigenvalue weighted by molar-refractivity contribution is 8.01. The van der Waals surface area contributed by atoms with Gasteiger partial charge in [-0.1, -0.05) is 12.1 Å². The van der Waals surface area contributed by atoms with Crippen molar-refractivity contribution in [2.24, 2.45) is 0 Å². The van der Waals surface area contributed by atoms with Gasteiger partial charge in [0, 0.05) is 27.0 Å². The number of carbonyl (C=O) groups is 2. The van der Waals surface area contributed by atoms with E-state index in [-0.39, 0.29) is 5.78 Å². The van der Waals surface area contributed by atoms with Gasteiger partial charge in [-0.3, -0.25) is 9.59 Å². The standard InChI is InChI=1S/C15H17NO3S/c1-9(14(18)19)16-8-11-13(17)10-6-4-5-7-12(10)20-15(11,2)3/h4-9,16H,1-3H3,(H,18,19)/b11-8+. The highest BCUT2D eigenvalue weighted by Gasteiger charge is 2.36. The normalized spacial score (nSPS) is 20.4. The monoisotopic (exact) mass is 291 g/mol. The first-order valence-electron chi connectivity index (χ1n) is 6.35. The number of thioether (sulfide) groups is 1. The van der Waals surface area contributed by atoms with Crippen LogP contribution in [0.1, 0.15) is 31.1 Å². The maximum Gasteiger partial charge on any atom is 0.325 e. The lowest BCUT2D eigenvalue weighted by molar-refractivity contribution is -0.138. The highest BCUT2D eigenvalue weighted by Crippen LogP contribution is 2.45. The Balaban J connectivity index is 2.36. The van der Waals surface area contributed by atoms with E-state index in [2.05, 4.69) is 5.32 Å². The Morgan fingerprint density at radius 3 is 2.70 bits per heavy atom. The topological polar surface area (TPSA) is 66.4 Å². The van der Waals surface area contributed by atoms with Crippen LogP contribution in [0.3, 0.4) is 0 Å². The number of fused-ring (bicyclic) bond motifs is 1. The number of carboxylic acid groups (broad SMARTS) is 1. The molecule has 0 fully saturated rings. The minimum atomic E-state index is -0.948. The quantitative estimate of drug-likeness (QED) is 0.838. The van der Waals surface area contributed by atoms with E-state index in [1.54, 1.807) is 31.0 Å². The van der Waals surface area contributed by atoms with Gasteiger partial charge in [-0.15, -0.1) is 11.8 Å². The molecule has 0 bridgehead atoms. The first-order valence-corrected chi connectivity index (χ1v) is 7.17. The molecule has 0 saturated carbocycles. The van der Waals surface area contributed by atoms with E-state index in [1.807, 2.05) is 32.0 Å². The number of hydrogen-bond donors (Lipinski definition) is 2. The average Bonchev–Trinajstić information content (AvgIpc) is 2.37. The van der Waals surface area contributed by atoms with E-state index in [1.165, 1.54) is 0 Å². The van der Waals surface area contributed by atoms with E-state index < -0.39 is 16.8 Å². The Morgan fingerprint density at radius 1 is 1.40 bits per heavy atom. The molecule has 1 aliphatic rings. The Labute approximate surface area is 122 Å². The molecular formula is C15H17NO3S. The second kappa shape index (κ2) is 5.32. The van der Waals surface area contributed by atoms with E-state index in [9.17, 15) is 9.59 Å². The van der Waals surface area contributed by atoms with E-state index in [0.717, 1.165) is 4.90 Å². The molecule has 1 aromatic carbocycles. The number of benzene rings is 1. The molecule has 0 amide bonds. The molecule has 0 spiro atoms. The zero-order chi connectivity index (χ0) is 14.9. The lowest BCUT2D eigenvalue weighted by Gasteiger charge is -2.32. The summed E-state index contributed by atoms with van der Waals surface area (Å²) in [4.78, 5) is 24.3. The summed E-state index contributed by atoms with van der Waals surface area (Å²) in [6.07, 6.45) is 1.55. The van der Waals surface area contributed by atoms with Gasteiger partial charge < -0.3 is 10.4 Å². The van der Waals surface area contributed by atoms with Crippen molar-refractivity contribution < 1.29 is 14.7 Å².